The van der Waals surface area contributed by atoms with E-state index < -0.39 is 0 Å². The Bertz CT molecular complexity index is 378. The zero-order valence-corrected chi connectivity index (χ0v) is 12.3. The Labute approximate surface area is 113 Å². The van der Waals surface area contributed by atoms with Gasteiger partial charge >= 0.3 is 0 Å². The Morgan fingerprint density at radius 2 is 2.29 bits per heavy atom. The summed E-state index contributed by atoms with van der Waals surface area (Å²) < 4.78 is 1.18. The van der Waals surface area contributed by atoms with Crippen LogP contribution in [0.15, 0.2) is 22.7 Å². The van der Waals surface area contributed by atoms with E-state index in [1.807, 2.05) is 0 Å². The van der Waals surface area contributed by atoms with Gasteiger partial charge in [0.25, 0.3) is 0 Å². The highest BCUT2D eigenvalue weighted by Gasteiger charge is 2.16. The third kappa shape index (κ3) is 3.71. The molecule has 1 fully saturated rings. The summed E-state index contributed by atoms with van der Waals surface area (Å²) in [7, 11) is 2.22. The maximum atomic E-state index is 3.56. The number of anilines is 1. The molecule has 94 valence electrons. The molecule has 1 unspecified atom stereocenters. The van der Waals surface area contributed by atoms with Crippen molar-refractivity contribution in [2.75, 3.05) is 32.0 Å². The first-order valence-corrected chi connectivity index (χ1v) is 7.13. The lowest BCUT2D eigenvalue weighted by Gasteiger charge is -2.30. The van der Waals surface area contributed by atoms with Gasteiger partial charge in [-0.2, -0.15) is 0 Å². The Morgan fingerprint density at radius 1 is 1.47 bits per heavy atom. The number of nitrogens with one attached hydrogen (secondary N) is 1. The Kier molecular flexibility index (Phi) is 4.46. The van der Waals surface area contributed by atoms with E-state index in [0.29, 0.717) is 0 Å². The molecule has 1 aromatic carbocycles. The van der Waals surface area contributed by atoms with Gasteiger partial charge in [-0.15, -0.1) is 0 Å². The lowest BCUT2D eigenvalue weighted by molar-refractivity contribution is 0.217. The van der Waals surface area contributed by atoms with Crippen molar-refractivity contribution >= 4 is 21.6 Å². The summed E-state index contributed by atoms with van der Waals surface area (Å²) in [6.07, 6.45) is 2.69. The third-order valence-electron chi connectivity index (χ3n) is 3.47. The van der Waals surface area contributed by atoms with Gasteiger partial charge in [-0.1, -0.05) is 15.9 Å². The average Bonchev–Trinajstić information content (AvgIpc) is 2.31. The van der Waals surface area contributed by atoms with Crippen LogP contribution in [0.2, 0.25) is 0 Å². The van der Waals surface area contributed by atoms with E-state index in [4.69, 9.17) is 0 Å². The molecule has 1 aromatic rings. The summed E-state index contributed by atoms with van der Waals surface area (Å²) in [5.41, 5.74) is 2.52. The number of rotatable bonds is 3. The fourth-order valence-corrected chi connectivity index (χ4v) is 2.70. The van der Waals surface area contributed by atoms with Crippen molar-refractivity contribution < 1.29 is 0 Å². The zero-order valence-electron chi connectivity index (χ0n) is 10.7. The Balaban J connectivity index is 1.86. The molecule has 0 saturated carbocycles. The van der Waals surface area contributed by atoms with E-state index in [2.05, 4.69) is 58.3 Å². The standard InChI is InChI=1S/C14H21BrN2/c1-11-8-13(5-6-14(11)15)16-9-12-4-3-7-17(2)10-12/h5-6,8,12,16H,3-4,7,9-10H2,1-2H3. The summed E-state index contributed by atoms with van der Waals surface area (Å²) in [6.45, 7) is 5.70. The number of aryl methyl sites for hydroxylation is 1. The minimum absolute atomic E-state index is 0.790. The molecule has 0 radical (unpaired) electrons. The van der Waals surface area contributed by atoms with Gasteiger partial charge in [0, 0.05) is 23.2 Å². The molecule has 1 atom stereocenters. The number of benzene rings is 1. The quantitative estimate of drug-likeness (QED) is 0.918. The van der Waals surface area contributed by atoms with Crippen molar-refractivity contribution in [3.8, 4) is 0 Å². The molecule has 1 N–H and O–H groups in total. The van der Waals surface area contributed by atoms with E-state index in [1.165, 1.54) is 41.7 Å². The first kappa shape index (κ1) is 12.9. The lowest BCUT2D eigenvalue weighted by Crippen LogP contribution is -2.35. The molecule has 1 aliphatic rings. The number of nitrogens with zero attached hydrogens (tertiary/aromatic N) is 1. The highest BCUT2D eigenvalue weighted by atomic mass is 79.9. The second-order valence-corrected chi connectivity index (χ2v) is 5.97. The molecule has 2 rings (SSSR count). The normalized spacial score (nSPS) is 21.5. The molecule has 17 heavy (non-hydrogen) atoms. The Hall–Kier alpha value is -0.540. The molecule has 1 heterocycles. The summed E-state index contributed by atoms with van der Waals surface area (Å²) in [6, 6.07) is 6.46. The number of hydrogen-bond acceptors (Lipinski definition) is 2. The van der Waals surface area contributed by atoms with Crippen LogP contribution in [-0.4, -0.2) is 31.6 Å². The molecule has 0 spiro atoms. The van der Waals surface area contributed by atoms with Crippen LogP contribution in [0, 0.1) is 12.8 Å². The molecule has 2 nitrogen and oxygen atoms in total. The van der Waals surface area contributed by atoms with Gasteiger partial charge < -0.3 is 10.2 Å². The summed E-state index contributed by atoms with van der Waals surface area (Å²) in [4.78, 5) is 2.43. The van der Waals surface area contributed by atoms with Gasteiger partial charge in [0.1, 0.15) is 0 Å². The van der Waals surface area contributed by atoms with Crippen molar-refractivity contribution in [2.24, 2.45) is 5.92 Å². The predicted molar refractivity (Wildman–Crippen MR) is 77.6 cm³/mol. The van der Waals surface area contributed by atoms with Crippen molar-refractivity contribution in [1.29, 1.82) is 0 Å². The van der Waals surface area contributed by atoms with Crippen LogP contribution in [0.4, 0.5) is 5.69 Å². The number of halogens is 1. The van der Waals surface area contributed by atoms with E-state index in [-0.39, 0.29) is 0 Å². The molecule has 0 aliphatic carbocycles. The van der Waals surface area contributed by atoms with Crippen molar-refractivity contribution in [3.63, 3.8) is 0 Å². The van der Waals surface area contributed by atoms with Crippen LogP contribution < -0.4 is 5.32 Å². The largest absolute Gasteiger partial charge is 0.385 e. The maximum Gasteiger partial charge on any atom is 0.0343 e. The molecule has 3 heteroatoms. The predicted octanol–water partition coefficient (Wildman–Crippen LogP) is 3.51. The van der Waals surface area contributed by atoms with Crippen LogP contribution in [0.1, 0.15) is 18.4 Å². The van der Waals surface area contributed by atoms with Crippen LogP contribution in [0.25, 0.3) is 0 Å². The van der Waals surface area contributed by atoms with E-state index in [9.17, 15) is 0 Å². The van der Waals surface area contributed by atoms with E-state index in [1.54, 1.807) is 0 Å². The monoisotopic (exact) mass is 296 g/mol. The van der Waals surface area contributed by atoms with Gasteiger partial charge in [0.05, 0.1) is 0 Å². The number of hydrogen-bond donors (Lipinski definition) is 1. The van der Waals surface area contributed by atoms with Crippen LogP contribution in [0.3, 0.4) is 0 Å². The molecular weight excluding hydrogens is 276 g/mol. The molecular formula is C14H21BrN2. The second-order valence-electron chi connectivity index (χ2n) is 5.12. The fourth-order valence-electron chi connectivity index (χ4n) is 2.46. The molecule has 0 aromatic heterocycles. The van der Waals surface area contributed by atoms with Crippen molar-refractivity contribution in [1.82, 2.24) is 4.90 Å². The van der Waals surface area contributed by atoms with E-state index in [0.717, 1.165) is 12.5 Å². The molecule has 0 amide bonds. The van der Waals surface area contributed by atoms with Gasteiger partial charge in [0.15, 0.2) is 0 Å². The van der Waals surface area contributed by atoms with Crippen LogP contribution >= 0.6 is 15.9 Å². The first-order valence-electron chi connectivity index (χ1n) is 6.33. The zero-order chi connectivity index (χ0) is 12.3. The van der Waals surface area contributed by atoms with Crippen molar-refractivity contribution in [2.45, 2.75) is 19.8 Å². The Morgan fingerprint density at radius 3 is 3.00 bits per heavy atom. The highest BCUT2D eigenvalue weighted by Crippen LogP contribution is 2.21. The van der Waals surface area contributed by atoms with Gasteiger partial charge in [-0.05, 0) is 63.0 Å². The average molecular weight is 297 g/mol. The van der Waals surface area contributed by atoms with Crippen molar-refractivity contribution in [3.05, 3.63) is 28.2 Å². The molecule has 0 bridgehead atoms. The first-order chi connectivity index (χ1) is 8.15. The minimum atomic E-state index is 0.790. The number of piperidine rings is 1. The highest BCUT2D eigenvalue weighted by molar-refractivity contribution is 9.10. The smallest absolute Gasteiger partial charge is 0.0343 e. The summed E-state index contributed by atoms with van der Waals surface area (Å²) in [5, 5.41) is 3.56. The lowest BCUT2D eigenvalue weighted by atomic mass is 9.98. The van der Waals surface area contributed by atoms with Gasteiger partial charge in [0.2, 0.25) is 0 Å². The summed E-state index contributed by atoms with van der Waals surface area (Å²) in [5.74, 6) is 0.790. The maximum absolute atomic E-state index is 3.56. The van der Waals surface area contributed by atoms with Crippen LogP contribution in [0.5, 0.6) is 0 Å². The van der Waals surface area contributed by atoms with Gasteiger partial charge in [-0.25, -0.2) is 0 Å². The fraction of sp³-hybridized carbons (Fsp3) is 0.571. The molecule has 1 aliphatic heterocycles. The second kappa shape index (κ2) is 5.87. The number of likely N-dealkylation sites (tertiary alicyclic amines) is 1. The SMILES string of the molecule is Cc1cc(NCC2CCCN(C)C2)ccc1Br. The van der Waals surface area contributed by atoms with E-state index >= 15 is 0 Å². The van der Waals surface area contributed by atoms with Crippen LogP contribution in [-0.2, 0) is 0 Å². The summed E-state index contributed by atoms with van der Waals surface area (Å²) >= 11 is 3.53. The van der Waals surface area contributed by atoms with Gasteiger partial charge in [-0.3, -0.25) is 0 Å². The minimum Gasteiger partial charge on any atom is -0.385 e. The third-order valence-corrected chi connectivity index (χ3v) is 4.36. The topological polar surface area (TPSA) is 15.3 Å². The molecule has 1 saturated heterocycles.